The Balaban J connectivity index is 0.000000623. The first-order valence-corrected chi connectivity index (χ1v) is 12.1. The van der Waals surface area contributed by atoms with Gasteiger partial charge in [-0.05, 0) is 64.6 Å². The largest absolute Gasteiger partial charge is 0.405 e. The van der Waals surface area contributed by atoms with Gasteiger partial charge in [0.2, 0.25) is 5.95 Å². The van der Waals surface area contributed by atoms with Crippen LogP contribution in [0.5, 0.6) is 0 Å². The predicted molar refractivity (Wildman–Crippen MR) is 132 cm³/mol. The van der Waals surface area contributed by atoms with Crippen LogP contribution in [0.4, 0.5) is 24.9 Å². The van der Waals surface area contributed by atoms with Crippen molar-refractivity contribution < 1.29 is 23.4 Å². The van der Waals surface area contributed by atoms with Crippen LogP contribution in [0.2, 0.25) is 0 Å². The highest BCUT2D eigenvalue weighted by Crippen LogP contribution is 2.37. The highest BCUT2D eigenvalue weighted by atomic mass is 32.1. The molecular formula is C23H31F3N6O2S. The maximum atomic E-state index is 12.7. The maximum Gasteiger partial charge on any atom is 0.405 e. The summed E-state index contributed by atoms with van der Waals surface area (Å²) in [6.45, 7) is 3.81. The fourth-order valence-electron chi connectivity index (χ4n) is 3.78. The van der Waals surface area contributed by atoms with Crippen molar-refractivity contribution in [1.82, 2.24) is 15.0 Å². The number of benzene rings is 1. The average Bonchev–Trinajstić information content (AvgIpc) is 3.36. The lowest BCUT2D eigenvalue weighted by atomic mass is 10.1. The van der Waals surface area contributed by atoms with Crippen LogP contribution >= 0.6 is 11.3 Å². The monoisotopic (exact) mass is 512 g/mol. The summed E-state index contributed by atoms with van der Waals surface area (Å²) in [4.78, 5) is 13.4. The van der Waals surface area contributed by atoms with Crippen molar-refractivity contribution in [2.45, 2.75) is 58.0 Å². The molecule has 1 aliphatic rings. The molecular weight excluding hydrogens is 481 g/mol. The van der Waals surface area contributed by atoms with Crippen LogP contribution in [0.25, 0.3) is 20.8 Å². The molecule has 4 rings (SSSR count). The van der Waals surface area contributed by atoms with Crippen molar-refractivity contribution in [3.05, 3.63) is 30.0 Å². The fourth-order valence-corrected chi connectivity index (χ4v) is 4.85. The minimum absolute atomic E-state index is 0.0504. The molecule has 1 aliphatic carbocycles. The number of rotatable bonds is 6. The van der Waals surface area contributed by atoms with Gasteiger partial charge in [-0.25, -0.2) is 9.97 Å². The van der Waals surface area contributed by atoms with E-state index in [4.69, 9.17) is 20.9 Å². The number of aromatic nitrogens is 3. The Hall–Kier alpha value is -2.54. The van der Waals surface area contributed by atoms with E-state index in [0.717, 1.165) is 40.1 Å². The van der Waals surface area contributed by atoms with E-state index in [9.17, 15) is 13.2 Å². The molecule has 2 aromatic heterocycles. The van der Waals surface area contributed by atoms with Gasteiger partial charge in [0, 0.05) is 6.04 Å². The number of thiazole rings is 1. The molecule has 0 saturated heterocycles. The zero-order chi connectivity index (χ0) is 25.8. The second-order valence-corrected chi connectivity index (χ2v) is 10.1. The standard InChI is InChI=1S/C20H23F3N6S.C3H8O2/c1-11-16(18-28-14-4-2-3-5-15(14)30-18)17(27-13-7-6-12(8-13)9-24)29-19(26-11)25-10-20(21,22)23;1-3(2,4)5/h2-5,12-13H,6-10,24H2,1H3,(H2,25,26,27,29);4-5H,1-2H3. The van der Waals surface area contributed by atoms with Crippen LogP contribution in [0, 0.1) is 12.8 Å². The number of alkyl halides is 3. The van der Waals surface area contributed by atoms with E-state index in [1.165, 1.54) is 25.2 Å². The van der Waals surface area contributed by atoms with Crippen LogP contribution in [-0.2, 0) is 0 Å². The summed E-state index contributed by atoms with van der Waals surface area (Å²) in [5.41, 5.74) is 7.97. The van der Waals surface area contributed by atoms with E-state index in [1.54, 1.807) is 6.92 Å². The highest BCUT2D eigenvalue weighted by Gasteiger charge is 2.29. The molecule has 2 unspecified atom stereocenters. The summed E-state index contributed by atoms with van der Waals surface area (Å²) in [7, 11) is 0. The van der Waals surface area contributed by atoms with Crippen molar-refractivity contribution in [3.8, 4) is 10.6 Å². The summed E-state index contributed by atoms with van der Waals surface area (Å²) in [6.07, 6.45) is -1.48. The van der Waals surface area contributed by atoms with E-state index < -0.39 is 18.5 Å². The molecule has 1 fully saturated rings. The molecule has 192 valence electrons. The summed E-state index contributed by atoms with van der Waals surface area (Å²) in [5.74, 6) is -0.599. The lowest BCUT2D eigenvalue weighted by Crippen LogP contribution is -2.24. The van der Waals surface area contributed by atoms with Crippen LogP contribution in [-0.4, -0.2) is 56.3 Å². The minimum Gasteiger partial charge on any atom is -0.367 e. The van der Waals surface area contributed by atoms with E-state index in [0.29, 0.717) is 24.0 Å². The molecule has 2 atom stereocenters. The molecule has 3 aromatic rings. The fraction of sp³-hybridized carbons (Fsp3) is 0.522. The third-order valence-corrected chi connectivity index (χ3v) is 6.31. The Morgan fingerprint density at radius 1 is 1.11 bits per heavy atom. The number of hydrogen-bond acceptors (Lipinski definition) is 9. The molecule has 8 nitrogen and oxygen atoms in total. The lowest BCUT2D eigenvalue weighted by Gasteiger charge is -2.18. The SMILES string of the molecule is CC(C)(O)O.Cc1nc(NCC(F)(F)F)nc(NC2CCC(CN)C2)c1-c1nc2ccccc2s1. The quantitative estimate of drug-likeness (QED) is 0.310. The summed E-state index contributed by atoms with van der Waals surface area (Å²) >= 11 is 1.51. The van der Waals surface area contributed by atoms with Gasteiger partial charge in [0.25, 0.3) is 0 Å². The molecule has 6 N–H and O–H groups in total. The Kier molecular flexibility index (Phi) is 8.52. The molecule has 0 spiro atoms. The van der Waals surface area contributed by atoms with Gasteiger partial charge >= 0.3 is 6.18 Å². The van der Waals surface area contributed by atoms with Gasteiger partial charge in [0.15, 0.2) is 5.79 Å². The molecule has 35 heavy (non-hydrogen) atoms. The summed E-state index contributed by atoms with van der Waals surface area (Å²) in [6, 6.07) is 7.95. The third-order valence-electron chi connectivity index (χ3n) is 5.26. The normalized spacial score (nSPS) is 18.3. The minimum atomic E-state index is -4.35. The van der Waals surface area contributed by atoms with E-state index in [1.807, 2.05) is 24.3 Å². The zero-order valence-electron chi connectivity index (χ0n) is 19.9. The molecule has 12 heteroatoms. The maximum absolute atomic E-state index is 12.7. The number of nitrogens with zero attached hydrogens (tertiary/aromatic N) is 3. The number of nitrogens with two attached hydrogens (primary N) is 1. The van der Waals surface area contributed by atoms with Gasteiger partial charge in [-0.15, -0.1) is 11.3 Å². The number of aryl methyl sites for hydroxylation is 1. The van der Waals surface area contributed by atoms with Gasteiger partial charge in [-0.3, -0.25) is 0 Å². The molecule has 1 saturated carbocycles. The Morgan fingerprint density at radius 2 is 1.80 bits per heavy atom. The van der Waals surface area contributed by atoms with Gasteiger partial charge in [0.1, 0.15) is 17.4 Å². The van der Waals surface area contributed by atoms with Gasteiger partial charge in [-0.1, -0.05) is 12.1 Å². The van der Waals surface area contributed by atoms with Crippen molar-refractivity contribution >= 4 is 33.3 Å². The first-order valence-electron chi connectivity index (χ1n) is 11.3. The van der Waals surface area contributed by atoms with Gasteiger partial charge in [0.05, 0.1) is 21.5 Å². The van der Waals surface area contributed by atoms with Crippen LogP contribution < -0.4 is 16.4 Å². The molecule has 0 aliphatic heterocycles. The summed E-state index contributed by atoms with van der Waals surface area (Å²) < 4.78 is 39.0. The van der Waals surface area contributed by atoms with Gasteiger partial charge < -0.3 is 26.6 Å². The molecule has 0 radical (unpaired) electrons. The van der Waals surface area contributed by atoms with E-state index in [2.05, 4.69) is 20.6 Å². The van der Waals surface area contributed by atoms with Crippen molar-refractivity contribution in [1.29, 1.82) is 0 Å². The highest BCUT2D eigenvalue weighted by molar-refractivity contribution is 7.21. The Bertz CT molecular complexity index is 1090. The van der Waals surface area contributed by atoms with E-state index >= 15 is 0 Å². The number of para-hydroxylation sites is 1. The first-order chi connectivity index (χ1) is 16.3. The topological polar surface area (TPSA) is 129 Å². The summed E-state index contributed by atoms with van der Waals surface area (Å²) in [5, 5.41) is 22.6. The molecule has 1 aromatic carbocycles. The number of anilines is 2. The number of aliphatic hydroxyl groups is 2. The molecule has 0 bridgehead atoms. The number of hydrogen-bond donors (Lipinski definition) is 5. The molecule has 2 heterocycles. The van der Waals surface area contributed by atoms with Crippen molar-refractivity contribution in [2.75, 3.05) is 23.7 Å². The Labute approximate surface area is 205 Å². The third kappa shape index (κ3) is 8.27. The Morgan fingerprint density at radius 3 is 2.40 bits per heavy atom. The van der Waals surface area contributed by atoms with Crippen LogP contribution in [0.1, 0.15) is 38.8 Å². The van der Waals surface area contributed by atoms with Crippen molar-refractivity contribution in [2.24, 2.45) is 11.7 Å². The second kappa shape index (κ2) is 11.0. The average molecular weight is 513 g/mol. The smallest absolute Gasteiger partial charge is 0.367 e. The van der Waals surface area contributed by atoms with Crippen molar-refractivity contribution in [3.63, 3.8) is 0 Å². The first kappa shape index (κ1) is 27.1. The number of halogens is 3. The molecule has 0 amide bonds. The van der Waals surface area contributed by atoms with Crippen LogP contribution in [0.15, 0.2) is 24.3 Å². The second-order valence-electron chi connectivity index (χ2n) is 9.06. The zero-order valence-corrected chi connectivity index (χ0v) is 20.7. The van der Waals surface area contributed by atoms with E-state index in [-0.39, 0.29) is 12.0 Å². The number of fused-ring (bicyclic) bond motifs is 1. The lowest BCUT2D eigenvalue weighted by molar-refractivity contribution is -0.127. The van der Waals surface area contributed by atoms with Crippen LogP contribution in [0.3, 0.4) is 0 Å². The van der Waals surface area contributed by atoms with Gasteiger partial charge in [-0.2, -0.15) is 18.2 Å². The number of nitrogens with one attached hydrogen (secondary N) is 2. The predicted octanol–water partition coefficient (Wildman–Crippen LogP) is 4.28.